The summed E-state index contributed by atoms with van der Waals surface area (Å²) in [6, 6.07) is 4.59. The molecule has 0 saturated carbocycles. The van der Waals surface area contributed by atoms with Gasteiger partial charge in [0, 0.05) is 5.69 Å². The van der Waals surface area contributed by atoms with Gasteiger partial charge in [0.05, 0.1) is 12.0 Å². The van der Waals surface area contributed by atoms with E-state index in [0.717, 1.165) is 0 Å². The molecule has 0 atom stereocenters. The summed E-state index contributed by atoms with van der Waals surface area (Å²) in [6.45, 7) is 0.969. The first-order valence-electron chi connectivity index (χ1n) is 4.89. The minimum atomic E-state index is -4.33. The maximum Gasteiger partial charge on any atom is 0.392 e. The Morgan fingerprint density at radius 2 is 2.06 bits per heavy atom. The molecular formula is C11H12F3NO2. The number of nitrogens with two attached hydrogens (primary N) is 1. The van der Waals surface area contributed by atoms with Gasteiger partial charge >= 0.3 is 12.1 Å². The fourth-order valence-electron chi connectivity index (χ4n) is 1.20. The van der Waals surface area contributed by atoms with E-state index in [4.69, 9.17) is 5.73 Å². The van der Waals surface area contributed by atoms with Gasteiger partial charge in [-0.2, -0.15) is 13.2 Å². The largest absolute Gasteiger partial charge is 0.462 e. The predicted molar refractivity (Wildman–Crippen MR) is 56.5 cm³/mol. The summed E-state index contributed by atoms with van der Waals surface area (Å²) in [5, 5.41) is 0. The quantitative estimate of drug-likeness (QED) is 0.660. The first kappa shape index (κ1) is 13.3. The summed E-state index contributed by atoms with van der Waals surface area (Å²) < 4.78 is 40.0. The van der Waals surface area contributed by atoms with Crippen LogP contribution in [0.4, 0.5) is 18.9 Å². The molecule has 17 heavy (non-hydrogen) atoms. The lowest BCUT2D eigenvalue weighted by atomic mass is 10.1. The molecule has 94 valence electrons. The number of ether oxygens (including phenoxy) is 1. The Balaban J connectivity index is 2.61. The van der Waals surface area contributed by atoms with Crippen molar-refractivity contribution < 1.29 is 22.7 Å². The number of halogens is 3. The number of aryl methyl sites for hydroxylation is 1. The lowest BCUT2D eigenvalue weighted by molar-refractivity contribution is -0.141. The lowest BCUT2D eigenvalue weighted by Gasteiger charge is -2.09. The van der Waals surface area contributed by atoms with Gasteiger partial charge in [-0.1, -0.05) is 6.07 Å². The lowest BCUT2D eigenvalue weighted by Crippen LogP contribution is -2.15. The van der Waals surface area contributed by atoms with E-state index in [2.05, 4.69) is 4.74 Å². The molecule has 0 heterocycles. The molecule has 0 fully saturated rings. The van der Waals surface area contributed by atoms with Crippen molar-refractivity contribution in [2.24, 2.45) is 0 Å². The molecule has 3 nitrogen and oxygen atoms in total. The molecule has 0 spiro atoms. The van der Waals surface area contributed by atoms with Gasteiger partial charge in [-0.15, -0.1) is 0 Å². The van der Waals surface area contributed by atoms with E-state index in [1.165, 1.54) is 6.07 Å². The fourth-order valence-corrected chi connectivity index (χ4v) is 1.20. The Morgan fingerprint density at radius 1 is 1.41 bits per heavy atom. The minimum absolute atomic E-state index is 0.187. The second-order valence-electron chi connectivity index (χ2n) is 3.58. The van der Waals surface area contributed by atoms with E-state index in [-0.39, 0.29) is 5.56 Å². The van der Waals surface area contributed by atoms with E-state index in [0.29, 0.717) is 11.3 Å². The van der Waals surface area contributed by atoms with Crippen LogP contribution in [0.5, 0.6) is 0 Å². The highest BCUT2D eigenvalue weighted by molar-refractivity contribution is 5.92. The SMILES string of the molecule is Cc1ccc(N)cc1C(=O)OCCC(F)(F)F. The van der Waals surface area contributed by atoms with Gasteiger partial charge in [-0.25, -0.2) is 4.79 Å². The molecule has 2 N–H and O–H groups in total. The number of benzene rings is 1. The van der Waals surface area contributed by atoms with Crippen molar-refractivity contribution in [3.05, 3.63) is 29.3 Å². The van der Waals surface area contributed by atoms with Crippen LogP contribution in [-0.2, 0) is 4.74 Å². The summed E-state index contributed by atoms with van der Waals surface area (Å²) >= 11 is 0. The highest BCUT2D eigenvalue weighted by atomic mass is 19.4. The average Bonchev–Trinajstić information content (AvgIpc) is 2.19. The van der Waals surface area contributed by atoms with Crippen molar-refractivity contribution in [2.75, 3.05) is 12.3 Å². The first-order valence-corrected chi connectivity index (χ1v) is 4.89. The van der Waals surface area contributed by atoms with Gasteiger partial charge in [0.1, 0.15) is 6.61 Å². The Bertz CT molecular complexity index is 416. The number of rotatable bonds is 3. The monoisotopic (exact) mass is 247 g/mol. The third kappa shape index (κ3) is 4.34. The average molecular weight is 247 g/mol. The molecule has 1 aromatic rings. The Morgan fingerprint density at radius 3 is 2.65 bits per heavy atom. The smallest absolute Gasteiger partial charge is 0.392 e. The van der Waals surface area contributed by atoms with Crippen molar-refractivity contribution in [1.82, 2.24) is 0 Å². The fraction of sp³-hybridized carbons (Fsp3) is 0.364. The topological polar surface area (TPSA) is 52.3 Å². The van der Waals surface area contributed by atoms with Crippen LogP contribution in [0.3, 0.4) is 0 Å². The van der Waals surface area contributed by atoms with E-state index in [1.54, 1.807) is 19.1 Å². The van der Waals surface area contributed by atoms with Crippen molar-refractivity contribution in [3.8, 4) is 0 Å². The van der Waals surface area contributed by atoms with Crippen molar-refractivity contribution >= 4 is 11.7 Å². The zero-order valence-corrected chi connectivity index (χ0v) is 9.17. The molecule has 0 saturated heterocycles. The molecule has 0 bridgehead atoms. The summed E-state index contributed by atoms with van der Waals surface area (Å²) in [6.07, 6.45) is -5.48. The van der Waals surface area contributed by atoms with Crippen LogP contribution in [-0.4, -0.2) is 18.8 Å². The van der Waals surface area contributed by atoms with Gasteiger partial charge in [0.15, 0.2) is 0 Å². The van der Waals surface area contributed by atoms with Crippen LogP contribution >= 0.6 is 0 Å². The highest BCUT2D eigenvalue weighted by Gasteiger charge is 2.27. The molecule has 0 aromatic heterocycles. The van der Waals surface area contributed by atoms with Gasteiger partial charge in [-0.3, -0.25) is 0 Å². The molecule has 0 aliphatic carbocycles. The molecule has 0 aliphatic heterocycles. The first-order chi connectivity index (χ1) is 7.79. The van der Waals surface area contributed by atoms with Gasteiger partial charge < -0.3 is 10.5 Å². The highest BCUT2D eigenvalue weighted by Crippen LogP contribution is 2.20. The van der Waals surface area contributed by atoms with Crippen molar-refractivity contribution in [2.45, 2.75) is 19.5 Å². The van der Waals surface area contributed by atoms with Crippen LogP contribution in [0.15, 0.2) is 18.2 Å². The molecule has 0 aliphatic rings. The third-order valence-corrected chi connectivity index (χ3v) is 2.10. The van der Waals surface area contributed by atoms with Crippen molar-refractivity contribution in [3.63, 3.8) is 0 Å². The zero-order valence-electron chi connectivity index (χ0n) is 9.17. The van der Waals surface area contributed by atoms with Crippen LogP contribution in [0.2, 0.25) is 0 Å². The summed E-state index contributed by atoms with van der Waals surface area (Å²) in [5.41, 5.74) is 6.63. The Kier molecular flexibility index (Phi) is 3.98. The van der Waals surface area contributed by atoms with E-state index in [9.17, 15) is 18.0 Å². The second kappa shape index (κ2) is 5.07. The molecule has 0 amide bonds. The number of anilines is 1. The summed E-state index contributed by atoms with van der Waals surface area (Å²) in [7, 11) is 0. The molecule has 0 unspecified atom stereocenters. The Labute approximate surface area is 96.4 Å². The van der Waals surface area contributed by atoms with Crippen LogP contribution in [0.1, 0.15) is 22.3 Å². The van der Waals surface area contributed by atoms with E-state index in [1.807, 2.05) is 0 Å². The maximum absolute atomic E-state index is 11.8. The number of alkyl halides is 3. The van der Waals surface area contributed by atoms with E-state index >= 15 is 0 Å². The third-order valence-electron chi connectivity index (χ3n) is 2.10. The van der Waals surface area contributed by atoms with Gasteiger partial charge in [-0.05, 0) is 24.6 Å². The van der Waals surface area contributed by atoms with Crippen LogP contribution in [0.25, 0.3) is 0 Å². The molecular weight excluding hydrogens is 235 g/mol. The zero-order chi connectivity index (χ0) is 13.1. The standard InChI is InChI=1S/C11H12F3NO2/c1-7-2-3-8(15)6-9(7)10(16)17-5-4-11(12,13)14/h2-3,6H,4-5,15H2,1H3. The molecule has 6 heteroatoms. The predicted octanol–water partition coefficient (Wildman–Crippen LogP) is 2.69. The summed E-state index contributed by atoms with van der Waals surface area (Å²) in [5.74, 6) is -0.793. The maximum atomic E-state index is 11.8. The number of carbonyl (C=O) groups is 1. The molecule has 1 aromatic carbocycles. The van der Waals surface area contributed by atoms with Gasteiger partial charge in [0.2, 0.25) is 0 Å². The number of hydrogen-bond donors (Lipinski definition) is 1. The number of hydrogen-bond acceptors (Lipinski definition) is 3. The summed E-state index contributed by atoms with van der Waals surface area (Å²) in [4.78, 5) is 11.5. The number of carbonyl (C=O) groups excluding carboxylic acids is 1. The number of nitrogen functional groups attached to an aromatic ring is 1. The van der Waals surface area contributed by atoms with E-state index < -0.39 is 25.2 Å². The second-order valence-corrected chi connectivity index (χ2v) is 3.58. The molecule has 1 rings (SSSR count). The minimum Gasteiger partial charge on any atom is -0.462 e. The Hall–Kier alpha value is -1.72. The van der Waals surface area contributed by atoms with Crippen LogP contribution in [0, 0.1) is 6.92 Å². The van der Waals surface area contributed by atoms with Crippen LogP contribution < -0.4 is 5.73 Å². The number of esters is 1. The van der Waals surface area contributed by atoms with Crippen molar-refractivity contribution in [1.29, 1.82) is 0 Å². The van der Waals surface area contributed by atoms with Gasteiger partial charge in [0.25, 0.3) is 0 Å². The molecule has 0 radical (unpaired) electrons. The normalized spacial score (nSPS) is 11.3.